The molecule has 0 aliphatic heterocycles. The fourth-order valence-corrected chi connectivity index (χ4v) is 4.34. The van der Waals surface area contributed by atoms with Crippen molar-refractivity contribution in [1.82, 2.24) is 5.32 Å². The zero-order valence-corrected chi connectivity index (χ0v) is 15.8. The summed E-state index contributed by atoms with van der Waals surface area (Å²) in [5, 5.41) is 3.23. The maximum absolute atomic E-state index is 12.4. The maximum Gasteiger partial charge on any atom is 0.223 e. The lowest BCUT2D eigenvalue weighted by atomic mass is 9.78. The van der Waals surface area contributed by atoms with Gasteiger partial charge in [-0.1, -0.05) is 40.9 Å². The molecule has 0 heterocycles. The van der Waals surface area contributed by atoms with Gasteiger partial charge in [0.25, 0.3) is 0 Å². The van der Waals surface area contributed by atoms with E-state index in [1.165, 1.54) is 31.2 Å². The van der Waals surface area contributed by atoms with Crippen LogP contribution in [-0.4, -0.2) is 18.5 Å². The van der Waals surface area contributed by atoms with Crippen molar-refractivity contribution in [3.63, 3.8) is 0 Å². The van der Waals surface area contributed by atoms with Gasteiger partial charge < -0.3 is 11.1 Å². The summed E-state index contributed by atoms with van der Waals surface area (Å²) in [5.74, 6) is 0.328. The van der Waals surface area contributed by atoms with Crippen molar-refractivity contribution in [2.45, 2.75) is 56.4 Å². The minimum absolute atomic E-state index is 0. The van der Waals surface area contributed by atoms with E-state index in [2.05, 4.69) is 45.5 Å². The molecular formula is C18H26BrClN2O. The van der Waals surface area contributed by atoms with Crippen molar-refractivity contribution in [1.29, 1.82) is 0 Å². The summed E-state index contributed by atoms with van der Waals surface area (Å²) in [6, 6.07) is 8.82. The van der Waals surface area contributed by atoms with Crippen LogP contribution in [0.25, 0.3) is 0 Å². The summed E-state index contributed by atoms with van der Waals surface area (Å²) in [6.07, 6.45) is 7.60. The molecule has 1 aromatic rings. The van der Waals surface area contributed by atoms with E-state index in [1.807, 2.05) is 0 Å². The number of nitrogens with two attached hydrogens (primary N) is 1. The lowest BCUT2D eigenvalue weighted by Gasteiger charge is -2.30. The summed E-state index contributed by atoms with van der Waals surface area (Å²) in [6.45, 7) is 0.763. The molecule has 5 heteroatoms. The molecular weight excluding hydrogens is 376 g/mol. The van der Waals surface area contributed by atoms with Crippen molar-refractivity contribution in [2.75, 3.05) is 6.54 Å². The minimum Gasteiger partial charge on any atom is -0.355 e. The smallest absolute Gasteiger partial charge is 0.223 e. The number of amides is 1. The second-order valence-corrected chi connectivity index (χ2v) is 7.90. The van der Waals surface area contributed by atoms with Crippen LogP contribution in [0.1, 0.15) is 50.5 Å². The third-order valence-corrected chi connectivity index (χ3v) is 5.99. The molecule has 2 fully saturated rings. The van der Waals surface area contributed by atoms with Gasteiger partial charge in [0.1, 0.15) is 0 Å². The summed E-state index contributed by atoms with van der Waals surface area (Å²) in [7, 11) is 0. The Balaban J connectivity index is 0.00000192. The SMILES string of the molecule is Cl.NC1CCC(C(=O)NCC2(c3ccc(Br)cc3)CCCC2)C1. The van der Waals surface area contributed by atoms with Gasteiger partial charge in [-0.15, -0.1) is 12.4 Å². The van der Waals surface area contributed by atoms with Gasteiger partial charge in [0, 0.05) is 28.4 Å². The first-order chi connectivity index (χ1) is 10.6. The predicted molar refractivity (Wildman–Crippen MR) is 99.9 cm³/mol. The number of nitrogens with one attached hydrogen (secondary N) is 1. The monoisotopic (exact) mass is 400 g/mol. The fraction of sp³-hybridized carbons (Fsp3) is 0.611. The van der Waals surface area contributed by atoms with Gasteiger partial charge in [-0.2, -0.15) is 0 Å². The van der Waals surface area contributed by atoms with E-state index < -0.39 is 0 Å². The molecule has 128 valence electrons. The zero-order valence-electron chi connectivity index (χ0n) is 13.4. The Kier molecular flexibility index (Phi) is 6.52. The average molecular weight is 402 g/mol. The largest absolute Gasteiger partial charge is 0.355 e. The number of hydrogen-bond acceptors (Lipinski definition) is 2. The van der Waals surface area contributed by atoms with Crippen molar-refractivity contribution < 1.29 is 4.79 Å². The van der Waals surface area contributed by atoms with Crippen LogP contribution in [0.2, 0.25) is 0 Å². The Morgan fingerprint density at radius 3 is 2.43 bits per heavy atom. The number of carbonyl (C=O) groups is 1. The Bertz CT molecular complexity index is 528. The molecule has 2 unspecified atom stereocenters. The molecule has 2 aliphatic rings. The predicted octanol–water partition coefficient (Wildman–Crippen LogP) is 3.93. The lowest BCUT2D eigenvalue weighted by Crippen LogP contribution is -2.41. The summed E-state index contributed by atoms with van der Waals surface area (Å²) in [5.41, 5.74) is 7.41. The van der Waals surface area contributed by atoms with E-state index >= 15 is 0 Å². The minimum atomic E-state index is 0. The highest BCUT2D eigenvalue weighted by Gasteiger charge is 2.37. The number of rotatable bonds is 4. The van der Waals surface area contributed by atoms with Crippen LogP contribution in [0.4, 0.5) is 0 Å². The quantitative estimate of drug-likeness (QED) is 0.803. The highest BCUT2D eigenvalue weighted by molar-refractivity contribution is 9.10. The second-order valence-electron chi connectivity index (χ2n) is 6.98. The molecule has 2 atom stereocenters. The Hall–Kier alpha value is -0.580. The van der Waals surface area contributed by atoms with Gasteiger partial charge >= 0.3 is 0 Å². The van der Waals surface area contributed by atoms with Gasteiger partial charge in [0.2, 0.25) is 5.91 Å². The molecule has 0 radical (unpaired) electrons. The van der Waals surface area contributed by atoms with Gasteiger partial charge in [0.05, 0.1) is 0 Å². The summed E-state index contributed by atoms with van der Waals surface area (Å²) in [4.78, 5) is 12.4. The molecule has 0 spiro atoms. The van der Waals surface area contributed by atoms with Crippen LogP contribution in [0.3, 0.4) is 0 Å². The summed E-state index contributed by atoms with van der Waals surface area (Å²) < 4.78 is 1.10. The van der Waals surface area contributed by atoms with Crippen LogP contribution < -0.4 is 11.1 Å². The summed E-state index contributed by atoms with van der Waals surface area (Å²) >= 11 is 3.50. The van der Waals surface area contributed by atoms with E-state index in [9.17, 15) is 4.79 Å². The second kappa shape index (κ2) is 8.00. The van der Waals surface area contributed by atoms with Crippen LogP contribution in [-0.2, 0) is 10.2 Å². The number of carbonyl (C=O) groups excluding carboxylic acids is 1. The molecule has 2 aliphatic carbocycles. The molecule has 3 N–H and O–H groups in total. The molecule has 0 aromatic heterocycles. The van der Waals surface area contributed by atoms with E-state index in [1.54, 1.807) is 0 Å². The molecule has 1 amide bonds. The van der Waals surface area contributed by atoms with E-state index in [4.69, 9.17) is 5.73 Å². The van der Waals surface area contributed by atoms with E-state index in [0.29, 0.717) is 0 Å². The van der Waals surface area contributed by atoms with Gasteiger partial charge in [0.15, 0.2) is 0 Å². The Morgan fingerprint density at radius 1 is 1.22 bits per heavy atom. The first-order valence-corrected chi connectivity index (χ1v) is 9.18. The van der Waals surface area contributed by atoms with Crippen LogP contribution in [0.15, 0.2) is 28.7 Å². The van der Waals surface area contributed by atoms with Crippen LogP contribution in [0, 0.1) is 5.92 Å². The van der Waals surface area contributed by atoms with Gasteiger partial charge in [-0.25, -0.2) is 0 Å². The van der Waals surface area contributed by atoms with Gasteiger partial charge in [-0.3, -0.25) is 4.79 Å². The third-order valence-electron chi connectivity index (χ3n) is 5.46. The van der Waals surface area contributed by atoms with Crippen molar-refractivity contribution in [2.24, 2.45) is 11.7 Å². The highest BCUT2D eigenvalue weighted by atomic mass is 79.9. The Morgan fingerprint density at radius 2 is 1.87 bits per heavy atom. The number of benzene rings is 1. The fourth-order valence-electron chi connectivity index (χ4n) is 4.08. The van der Waals surface area contributed by atoms with Gasteiger partial charge in [-0.05, 0) is 49.8 Å². The maximum atomic E-state index is 12.4. The topological polar surface area (TPSA) is 55.1 Å². The molecule has 3 rings (SSSR count). The number of hydrogen-bond donors (Lipinski definition) is 2. The molecule has 23 heavy (non-hydrogen) atoms. The van der Waals surface area contributed by atoms with Crippen LogP contribution >= 0.6 is 28.3 Å². The lowest BCUT2D eigenvalue weighted by molar-refractivity contribution is -0.125. The standard InChI is InChI=1S/C18H25BrN2O.ClH/c19-15-6-4-14(5-7-15)18(9-1-2-10-18)12-21-17(22)13-3-8-16(20)11-13;/h4-7,13,16H,1-3,8-12,20H2,(H,21,22);1H. The third kappa shape index (κ3) is 4.28. The average Bonchev–Trinajstić information content (AvgIpc) is 3.15. The first kappa shape index (κ1) is 18.8. The van der Waals surface area contributed by atoms with E-state index in [0.717, 1.165) is 30.3 Å². The molecule has 0 bridgehead atoms. The number of halogens is 2. The van der Waals surface area contributed by atoms with Crippen molar-refractivity contribution in [3.05, 3.63) is 34.3 Å². The first-order valence-electron chi connectivity index (χ1n) is 8.38. The Labute approximate surface area is 153 Å². The molecule has 0 saturated heterocycles. The highest BCUT2D eigenvalue weighted by Crippen LogP contribution is 2.41. The van der Waals surface area contributed by atoms with Crippen molar-refractivity contribution >= 4 is 34.2 Å². The van der Waals surface area contributed by atoms with E-state index in [-0.39, 0.29) is 35.7 Å². The molecule has 2 saturated carbocycles. The molecule has 1 aromatic carbocycles. The normalized spacial score (nSPS) is 25.8. The molecule has 3 nitrogen and oxygen atoms in total. The van der Waals surface area contributed by atoms with Crippen LogP contribution in [0.5, 0.6) is 0 Å². The zero-order chi connectivity index (χ0) is 15.6. The van der Waals surface area contributed by atoms with Crippen molar-refractivity contribution in [3.8, 4) is 0 Å².